The fraction of sp³-hybridized carbons (Fsp3) is 0.259. The summed E-state index contributed by atoms with van der Waals surface area (Å²) in [4.78, 5) is 36.0. The molecule has 0 atom stereocenters. The Morgan fingerprint density at radius 2 is 1.78 bits per heavy atom. The molecule has 0 radical (unpaired) electrons. The Labute approximate surface area is 207 Å². The summed E-state index contributed by atoms with van der Waals surface area (Å²) in [6.45, 7) is 7.54. The quantitative estimate of drug-likeness (QED) is 0.291. The fourth-order valence-corrected chi connectivity index (χ4v) is 3.37. The van der Waals surface area contributed by atoms with Crippen molar-refractivity contribution in [3.05, 3.63) is 87.4 Å². The summed E-state index contributed by atoms with van der Waals surface area (Å²) in [6.07, 6.45) is 0. The van der Waals surface area contributed by atoms with Gasteiger partial charge in [-0.3, -0.25) is 10.1 Å². The summed E-state index contributed by atoms with van der Waals surface area (Å²) in [5, 5.41) is 7.28. The Kier molecular flexibility index (Phi) is 6.91. The molecule has 0 unspecified atom stereocenters. The molecule has 186 valence electrons. The van der Waals surface area contributed by atoms with Crippen molar-refractivity contribution in [2.24, 2.45) is 0 Å². The van der Waals surface area contributed by atoms with Crippen LogP contribution < -0.4 is 15.7 Å². The zero-order valence-electron chi connectivity index (χ0n) is 20.4. The summed E-state index contributed by atoms with van der Waals surface area (Å²) in [5.74, 6) is -0.432. The van der Waals surface area contributed by atoms with Gasteiger partial charge in [0.15, 0.2) is 6.61 Å². The Balaban J connectivity index is 1.28. The van der Waals surface area contributed by atoms with E-state index in [0.29, 0.717) is 22.6 Å². The largest absolute Gasteiger partial charge is 0.489 e. The van der Waals surface area contributed by atoms with Crippen molar-refractivity contribution < 1.29 is 28.0 Å². The van der Waals surface area contributed by atoms with Crippen molar-refractivity contribution in [1.82, 2.24) is 5.16 Å². The molecular formula is C27H26N2O7. The molecule has 0 aliphatic heterocycles. The first-order valence-corrected chi connectivity index (χ1v) is 11.3. The van der Waals surface area contributed by atoms with Gasteiger partial charge in [-0.1, -0.05) is 38.1 Å². The summed E-state index contributed by atoms with van der Waals surface area (Å²) in [5.41, 5.74) is 2.46. The van der Waals surface area contributed by atoms with Crippen molar-refractivity contribution in [2.75, 3.05) is 11.9 Å². The molecule has 0 spiro atoms. The summed E-state index contributed by atoms with van der Waals surface area (Å²) >= 11 is 0. The lowest BCUT2D eigenvalue weighted by atomic mass is 9.92. The predicted octanol–water partition coefficient (Wildman–Crippen LogP) is 4.76. The Morgan fingerprint density at radius 1 is 1.03 bits per heavy atom. The van der Waals surface area contributed by atoms with Crippen molar-refractivity contribution in [2.45, 2.75) is 39.7 Å². The van der Waals surface area contributed by atoms with E-state index in [1.165, 1.54) is 6.07 Å². The third kappa shape index (κ3) is 5.99. The lowest BCUT2D eigenvalue weighted by molar-refractivity contribution is -0.119. The van der Waals surface area contributed by atoms with Gasteiger partial charge in [0.05, 0.1) is 11.3 Å². The number of hydrogen-bond donors (Lipinski definition) is 1. The number of aryl methyl sites for hydroxylation is 1. The standard InChI is InChI=1S/C27H26N2O7/c1-16-11-25(31)35-21-12-19(9-10-20(16)21)33-14-17-5-7-18(8-6-17)26(32)34-15-23(30)28-24-13-22(29-36-24)27(2,3)4/h5-13H,14-15H2,1-4H3,(H,28,30). The van der Waals surface area contributed by atoms with Gasteiger partial charge in [0.2, 0.25) is 5.88 Å². The fourth-order valence-electron chi connectivity index (χ4n) is 3.37. The van der Waals surface area contributed by atoms with Crippen LogP contribution >= 0.6 is 0 Å². The second-order valence-electron chi connectivity index (χ2n) is 9.34. The van der Waals surface area contributed by atoms with E-state index in [1.54, 1.807) is 42.5 Å². The van der Waals surface area contributed by atoms with Crippen LogP contribution in [0.25, 0.3) is 11.0 Å². The van der Waals surface area contributed by atoms with E-state index in [1.807, 2.05) is 33.8 Å². The first kappa shape index (κ1) is 24.7. The average molecular weight is 491 g/mol. The Bertz CT molecular complexity index is 1460. The average Bonchev–Trinajstić information content (AvgIpc) is 3.30. The normalized spacial score (nSPS) is 11.3. The van der Waals surface area contributed by atoms with Crippen LogP contribution in [0, 0.1) is 6.92 Å². The van der Waals surface area contributed by atoms with Gasteiger partial charge >= 0.3 is 11.6 Å². The van der Waals surface area contributed by atoms with Gasteiger partial charge in [-0.2, -0.15) is 0 Å². The van der Waals surface area contributed by atoms with Gasteiger partial charge in [-0.25, -0.2) is 9.59 Å². The number of nitrogens with one attached hydrogen (secondary N) is 1. The molecule has 0 aliphatic carbocycles. The second-order valence-corrected chi connectivity index (χ2v) is 9.34. The first-order chi connectivity index (χ1) is 17.1. The van der Waals surface area contributed by atoms with Gasteiger partial charge in [0.1, 0.15) is 17.9 Å². The topological polar surface area (TPSA) is 121 Å². The van der Waals surface area contributed by atoms with Crippen LogP contribution in [-0.4, -0.2) is 23.6 Å². The number of benzene rings is 2. The summed E-state index contributed by atoms with van der Waals surface area (Å²) in [7, 11) is 0. The molecule has 1 amide bonds. The van der Waals surface area contributed by atoms with Crippen molar-refractivity contribution >= 4 is 28.7 Å². The second kappa shape index (κ2) is 10.1. The molecule has 36 heavy (non-hydrogen) atoms. The van der Waals surface area contributed by atoms with E-state index < -0.39 is 24.1 Å². The zero-order chi connectivity index (χ0) is 25.9. The number of fused-ring (bicyclic) bond motifs is 1. The zero-order valence-corrected chi connectivity index (χ0v) is 20.4. The third-order valence-corrected chi connectivity index (χ3v) is 5.39. The SMILES string of the molecule is Cc1cc(=O)oc2cc(OCc3ccc(C(=O)OCC(=O)Nc4cc(C(C)(C)C)no4)cc3)ccc12. The predicted molar refractivity (Wildman–Crippen MR) is 132 cm³/mol. The van der Waals surface area contributed by atoms with Crippen molar-refractivity contribution in [3.8, 4) is 5.75 Å². The highest BCUT2D eigenvalue weighted by molar-refractivity contribution is 5.94. The maximum Gasteiger partial charge on any atom is 0.338 e. The van der Waals surface area contributed by atoms with Crippen LogP contribution in [0.4, 0.5) is 5.88 Å². The van der Waals surface area contributed by atoms with Crippen LogP contribution in [0.2, 0.25) is 0 Å². The molecule has 2 aromatic carbocycles. The molecular weight excluding hydrogens is 464 g/mol. The summed E-state index contributed by atoms with van der Waals surface area (Å²) in [6, 6.07) is 15.0. The molecule has 4 rings (SSSR count). The van der Waals surface area contributed by atoms with Crippen molar-refractivity contribution in [3.63, 3.8) is 0 Å². The highest BCUT2D eigenvalue weighted by Gasteiger charge is 2.20. The Morgan fingerprint density at radius 3 is 2.47 bits per heavy atom. The van der Waals surface area contributed by atoms with E-state index in [0.717, 1.165) is 16.5 Å². The molecule has 0 saturated carbocycles. The van der Waals surface area contributed by atoms with Gasteiger partial charge in [0.25, 0.3) is 5.91 Å². The van der Waals surface area contributed by atoms with E-state index in [-0.39, 0.29) is 17.9 Å². The lowest BCUT2D eigenvalue weighted by Gasteiger charge is -2.12. The van der Waals surface area contributed by atoms with E-state index in [9.17, 15) is 14.4 Å². The number of rotatable bonds is 7. The molecule has 9 nitrogen and oxygen atoms in total. The van der Waals surface area contributed by atoms with Crippen LogP contribution in [-0.2, 0) is 21.6 Å². The number of amides is 1. The molecule has 0 fully saturated rings. The van der Waals surface area contributed by atoms with E-state index >= 15 is 0 Å². The van der Waals surface area contributed by atoms with Crippen LogP contribution in [0.3, 0.4) is 0 Å². The minimum absolute atomic E-state index is 0.189. The monoisotopic (exact) mass is 490 g/mol. The highest BCUT2D eigenvalue weighted by Crippen LogP contribution is 2.24. The molecule has 9 heteroatoms. The number of carbonyl (C=O) groups is 2. The Hall–Kier alpha value is -4.40. The van der Waals surface area contributed by atoms with Crippen molar-refractivity contribution in [1.29, 1.82) is 0 Å². The smallest absolute Gasteiger partial charge is 0.338 e. The molecule has 2 aromatic heterocycles. The number of nitrogens with zero attached hydrogens (tertiary/aromatic N) is 1. The molecule has 0 bridgehead atoms. The molecule has 2 heterocycles. The molecule has 0 saturated heterocycles. The third-order valence-electron chi connectivity index (χ3n) is 5.39. The number of ether oxygens (including phenoxy) is 2. The van der Waals surface area contributed by atoms with E-state index in [2.05, 4.69) is 10.5 Å². The van der Waals surface area contributed by atoms with Crippen LogP contribution in [0.5, 0.6) is 5.75 Å². The maximum absolute atomic E-state index is 12.3. The number of carbonyl (C=O) groups excluding carboxylic acids is 2. The maximum atomic E-state index is 12.3. The van der Waals surface area contributed by atoms with Gasteiger partial charge in [-0.15, -0.1) is 0 Å². The van der Waals surface area contributed by atoms with E-state index in [4.69, 9.17) is 18.4 Å². The minimum atomic E-state index is -0.634. The number of hydrogen-bond acceptors (Lipinski definition) is 8. The highest BCUT2D eigenvalue weighted by atomic mass is 16.5. The lowest BCUT2D eigenvalue weighted by Crippen LogP contribution is -2.20. The van der Waals surface area contributed by atoms with Crippen LogP contribution in [0.15, 0.2) is 68.3 Å². The molecule has 0 aliphatic rings. The summed E-state index contributed by atoms with van der Waals surface area (Å²) < 4.78 is 21.2. The number of aromatic nitrogens is 1. The van der Waals surface area contributed by atoms with Gasteiger partial charge in [0, 0.05) is 29.0 Å². The first-order valence-electron chi connectivity index (χ1n) is 11.3. The molecule has 1 N–H and O–H groups in total. The minimum Gasteiger partial charge on any atom is -0.489 e. The van der Waals surface area contributed by atoms with Crippen LogP contribution in [0.1, 0.15) is 48.0 Å². The number of esters is 1. The molecule has 4 aromatic rings. The van der Waals surface area contributed by atoms with Gasteiger partial charge in [-0.05, 0) is 42.3 Å². The van der Waals surface area contributed by atoms with Gasteiger partial charge < -0.3 is 18.4 Å². The number of anilines is 1.